The SMILES string of the molecule is CO[C@]1(c2ccccc2)C[C@]12C[C@]2(C)C(=O)[O-]. The van der Waals surface area contributed by atoms with E-state index >= 15 is 0 Å². The molecule has 90 valence electrons. The Balaban J connectivity index is 1.99. The Morgan fingerprint density at radius 2 is 1.94 bits per heavy atom. The molecule has 0 unspecified atom stereocenters. The van der Waals surface area contributed by atoms with Crippen molar-refractivity contribution in [2.75, 3.05) is 7.11 Å². The molecule has 0 amide bonds. The third kappa shape index (κ3) is 1.03. The zero-order valence-electron chi connectivity index (χ0n) is 10.0. The van der Waals surface area contributed by atoms with Gasteiger partial charge in [0, 0.05) is 23.9 Å². The first-order valence-corrected chi connectivity index (χ1v) is 5.85. The maximum absolute atomic E-state index is 11.2. The number of benzene rings is 1. The molecule has 3 rings (SSSR count). The van der Waals surface area contributed by atoms with Gasteiger partial charge in [0.15, 0.2) is 0 Å². The second kappa shape index (κ2) is 2.91. The number of carbonyl (C=O) groups excluding carboxylic acids is 1. The average Bonchev–Trinajstić information content (AvgIpc) is 3.18. The summed E-state index contributed by atoms with van der Waals surface area (Å²) in [6.45, 7) is 1.77. The Morgan fingerprint density at radius 1 is 1.29 bits per heavy atom. The van der Waals surface area contributed by atoms with Crippen LogP contribution in [-0.2, 0) is 15.1 Å². The molecule has 0 bridgehead atoms. The van der Waals surface area contributed by atoms with Gasteiger partial charge in [-0.3, -0.25) is 0 Å². The molecule has 1 spiro atoms. The lowest BCUT2D eigenvalue weighted by Crippen LogP contribution is -2.34. The summed E-state index contributed by atoms with van der Waals surface area (Å²) >= 11 is 0. The van der Waals surface area contributed by atoms with E-state index in [0.717, 1.165) is 12.0 Å². The molecule has 3 heteroatoms. The summed E-state index contributed by atoms with van der Waals surface area (Å²) in [6.07, 6.45) is 1.44. The van der Waals surface area contributed by atoms with Crippen LogP contribution in [0.4, 0.5) is 0 Å². The van der Waals surface area contributed by atoms with Crippen molar-refractivity contribution in [2.45, 2.75) is 25.4 Å². The topological polar surface area (TPSA) is 49.4 Å². The Bertz CT molecular complexity index is 484. The highest BCUT2D eigenvalue weighted by Crippen LogP contribution is 2.87. The first-order valence-electron chi connectivity index (χ1n) is 5.85. The predicted octanol–water partition coefficient (Wildman–Crippen LogP) is 1.08. The Kier molecular flexibility index (Phi) is 1.84. The van der Waals surface area contributed by atoms with Crippen molar-refractivity contribution in [1.82, 2.24) is 0 Å². The molecule has 1 aromatic carbocycles. The van der Waals surface area contributed by atoms with Gasteiger partial charge in [-0.15, -0.1) is 0 Å². The minimum Gasteiger partial charge on any atom is -0.550 e. The maximum Gasteiger partial charge on any atom is 0.100 e. The fraction of sp³-hybridized carbons (Fsp3) is 0.500. The number of ether oxygens (including phenoxy) is 1. The van der Waals surface area contributed by atoms with E-state index < -0.39 is 17.0 Å². The minimum absolute atomic E-state index is 0.241. The smallest absolute Gasteiger partial charge is 0.100 e. The summed E-state index contributed by atoms with van der Waals surface area (Å²) in [5.41, 5.74) is -0.302. The Labute approximate surface area is 100 Å². The minimum atomic E-state index is -0.952. The molecule has 0 aliphatic heterocycles. The number of carbonyl (C=O) groups is 1. The van der Waals surface area contributed by atoms with Gasteiger partial charge in [-0.1, -0.05) is 37.3 Å². The van der Waals surface area contributed by atoms with E-state index in [9.17, 15) is 9.90 Å². The van der Waals surface area contributed by atoms with Crippen molar-refractivity contribution in [3.63, 3.8) is 0 Å². The highest BCUT2D eigenvalue weighted by atomic mass is 16.5. The van der Waals surface area contributed by atoms with Gasteiger partial charge >= 0.3 is 0 Å². The fourth-order valence-electron chi connectivity index (χ4n) is 3.52. The summed E-state index contributed by atoms with van der Waals surface area (Å²) in [6, 6.07) is 9.88. The van der Waals surface area contributed by atoms with Crippen molar-refractivity contribution in [1.29, 1.82) is 0 Å². The van der Waals surface area contributed by atoms with Gasteiger partial charge in [0.2, 0.25) is 0 Å². The standard InChI is InChI=1S/C14H16O3/c1-12(11(15)16)8-13(12)9-14(13,17-2)10-6-4-3-5-7-10/h3-7H,8-9H2,1-2H3,(H,15,16)/p-1/t12-,13+,14+/m1/s1. The molecule has 1 aromatic rings. The molecule has 2 aliphatic carbocycles. The van der Waals surface area contributed by atoms with Crippen LogP contribution in [0.3, 0.4) is 0 Å². The van der Waals surface area contributed by atoms with Crippen molar-refractivity contribution in [3.05, 3.63) is 35.9 Å². The van der Waals surface area contributed by atoms with E-state index in [-0.39, 0.29) is 5.41 Å². The summed E-state index contributed by atoms with van der Waals surface area (Å²) < 4.78 is 5.67. The van der Waals surface area contributed by atoms with Crippen LogP contribution in [0.5, 0.6) is 0 Å². The second-order valence-electron chi connectivity index (χ2n) is 5.45. The van der Waals surface area contributed by atoms with Gasteiger partial charge in [0.1, 0.15) is 5.60 Å². The van der Waals surface area contributed by atoms with Gasteiger partial charge in [-0.05, 0) is 18.4 Å². The molecule has 0 radical (unpaired) electrons. The van der Waals surface area contributed by atoms with Crippen molar-refractivity contribution in [3.8, 4) is 0 Å². The Morgan fingerprint density at radius 3 is 2.41 bits per heavy atom. The fourth-order valence-corrected chi connectivity index (χ4v) is 3.52. The van der Waals surface area contributed by atoms with Crippen LogP contribution in [0, 0.1) is 10.8 Å². The summed E-state index contributed by atoms with van der Waals surface area (Å²) in [7, 11) is 1.66. The molecular weight excluding hydrogens is 216 g/mol. The number of carboxylic acid groups (broad SMARTS) is 1. The monoisotopic (exact) mass is 231 g/mol. The van der Waals surface area contributed by atoms with E-state index in [1.54, 1.807) is 14.0 Å². The molecule has 2 saturated carbocycles. The zero-order chi connectivity index (χ0) is 12.3. The number of methoxy groups -OCH3 is 1. The third-order valence-electron chi connectivity index (χ3n) is 4.82. The number of hydrogen-bond acceptors (Lipinski definition) is 3. The average molecular weight is 231 g/mol. The molecule has 0 heterocycles. The molecule has 2 aliphatic rings. The first kappa shape index (κ1) is 10.8. The number of carboxylic acids is 1. The quantitative estimate of drug-likeness (QED) is 0.782. The second-order valence-corrected chi connectivity index (χ2v) is 5.45. The van der Waals surface area contributed by atoms with E-state index in [1.807, 2.05) is 30.3 Å². The number of hydrogen-bond donors (Lipinski definition) is 0. The first-order chi connectivity index (χ1) is 8.02. The lowest BCUT2D eigenvalue weighted by molar-refractivity contribution is -0.314. The van der Waals surface area contributed by atoms with Crippen molar-refractivity contribution < 1.29 is 14.6 Å². The molecule has 0 N–H and O–H groups in total. The van der Waals surface area contributed by atoms with Gasteiger partial charge in [-0.2, -0.15) is 0 Å². The molecule has 3 nitrogen and oxygen atoms in total. The van der Waals surface area contributed by atoms with Gasteiger partial charge in [-0.25, -0.2) is 0 Å². The normalized spacial score (nSPS) is 42.5. The van der Waals surface area contributed by atoms with E-state index in [2.05, 4.69) is 0 Å². The Hall–Kier alpha value is -1.35. The summed E-state index contributed by atoms with van der Waals surface area (Å²) in [5.74, 6) is -0.952. The van der Waals surface area contributed by atoms with Crippen LogP contribution < -0.4 is 5.11 Å². The van der Waals surface area contributed by atoms with Crippen LogP contribution in [-0.4, -0.2) is 13.1 Å². The molecule has 2 fully saturated rings. The lowest BCUT2D eigenvalue weighted by atomic mass is 9.98. The molecule has 0 aromatic heterocycles. The molecule has 3 atom stereocenters. The zero-order valence-corrected chi connectivity index (χ0v) is 10.0. The molecule has 0 saturated heterocycles. The van der Waals surface area contributed by atoms with Gasteiger partial charge in [0.05, 0.1) is 0 Å². The van der Waals surface area contributed by atoms with E-state index in [0.29, 0.717) is 6.42 Å². The highest BCUT2D eigenvalue weighted by molar-refractivity contribution is 5.80. The third-order valence-corrected chi connectivity index (χ3v) is 4.82. The number of rotatable bonds is 3. The van der Waals surface area contributed by atoms with Crippen LogP contribution in [0.1, 0.15) is 25.3 Å². The largest absolute Gasteiger partial charge is 0.550 e. The highest BCUT2D eigenvalue weighted by Gasteiger charge is 2.87. The van der Waals surface area contributed by atoms with Gasteiger partial charge in [0.25, 0.3) is 0 Å². The van der Waals surface area contributed by atoms with Crippen LogP contribution in [0.25, 0.3) is 0 Å². The van der Waals surface area contributed by atoms with Crippen LogP contribution in [0.15, 0.2) is 30.3 Å². The predicted molar refractivity (Wildman–Crippen MR) is 59.9 cm³/mol. The molecular formula is C14H15O3-. The van der Waals surface area contributed by atoms with Gasteiger partial charge < -0.3 is 14.6 Å². The van der Waals surface area contributed by atoms with Crippen molar-refractivity contribution >= 4 is 5.97 Å². The molecule has 17 heavy (non-hydrogen) atoms. The summed E-state index contributed by atoms with van der Waals surface area (Å²) in [5, 5.41) is 11.2. The van der Waals surface area contributed by atoms with Crippen LogP contribution in [0.2, 0.25) is 0 Å². The van der Waals surface area contributed by atoms with E-state index in [4.69, 9.17) is 4.74 Å². The van der Waals surface area contributed by atoms with Crippen LogP contribution >= 0.6 is 0 Å². The van der Waals surface area contributed by atoms with E-state index in [1.165, 1.54) is 0 Å². The number of aliphatic carboxylic acids is 1. The maximum atomic E-state index is 11.2. The summed E-state index contributed by atoms with van der Waals surface area (Å²) in [4.78, 5) is 11.2. The lowest BCUT2D eigenvalue weighted by Gasteiger charge is -2.19. The van der Waals surface area contributed by atoms with Crippen molar-refractivity contribution in [2.24, 2.45) is 10.8 Å².